The van der Waals surface area contributed by atoms with Crippen LogP contribution >= 0.6 is 0 Å². The molecule has 108 valence electrons. The lowest BCUT2D eigenvalue weighted by molar-refractivity contribution is 0.0884. The van der Waals surface area contributed by atoms with E-state index in [2.05, 4.69) is 22.2 Å². The van der Waals surface area contributed by atoms with Gasteiger partial charge in [0.15, 0.2) is 0 Å². The molecule has 0 spiro atoms. The number of nitrogens with zero attached hydrogens (tertiary/aromatic N) is 3. The first-order valence-electron chi connectivity index (χ1n) is 6.77. The van der Waals surface area contributed by atoms with Gasteiger partial charge < -0.3 is 15.3 Å². The standard InChI is InChI=1S/C14H26N4O/c1-7-8-11-16-12(15-5)10(2)13(17-11)18(6)9-14(3,4)19/h19H,7-9H2,1-6H3,(H,15,16,17). The number of hydrogen-bond donors (Lipinski definition) is 2. The lowest BCUT2D eigenvalue weighted by Crippen LogP contribution is -2.37. The van der Waals surface area contributed by atoms with Crippen LogP contribution in [0.5, 0.6) is 0 Å². The number of aromatic nitrogens is 2. The van der Waals surface area contributed by atoms with Gasteiger partial charge in [-0.3, -0.25) is 0 Å². The number of aliphatic hydroxyl groups is 1. The number of likely N-dealkylation sites (N-methyl/N-ethyl adjacent to an activating group) is 1. The monoisotopic (exact) mass is 266 g/mol. The van der Waals surface area contributed by atoms with Crippen LogP contribution < -0.4 is 10.2 Å². The first-order chi connectivity index (χ1) is 8.78. The maximum Gasteiger partial charge on any atom is 0.137 e. The van der Waals surface area contributed by atoms with Crippen LogP contribution in [-0.4, -0.2) is 41.3 Å². The molecule has 1 heterocycles. The molecular formula is C14H26N4O. The molecule has 0 aliphatic heterocycles. The van der Waals surface area contributed by atoms with Gasteiger partial charge in [-0.1, -0.05) is 6.92 Å². The van der Waals surface area contributed by atoms with Crippen LogP contribution in [0.15, 0.2) is 0 Å². The summed E-state index contributed by atoms with van der Waals surface area (Å²) in [5, 5.41) is 13.1. The number of rotatable bonds is 6. The molecule has 0 saturated heterocycles. The van der Waals surface area contributed by atoms with Gasteiger partial charge in [0.1, 0.15) is 17.5 Å². The van der Waals surface area contributed by atoms with Crippen molar-refractivity contribution >= 4 is 11.6 Å². The Kier molecular flexibility index (Phi) is 5.11. The Morgan fingerprint density at radius 1 is 1.32 bits per heavy atom. The molecule has 0 aliphatic rings. The maximum atomic E-state index is 9.94. The fourth-order valence-corrected chi connectivity index (χ4v) is 2.16. The van der Waals surface area contributed by atoms with Crippen LogP contribution in [0.3, 0.4) is 0 Å². The smallest absolute Gasteiger partial charge is 0.137 e. The third-order valence-electron chi connectivity index (χ3n) is 2.86. The van der Waals surface area contributed by atoms with Crippen LogP contribution in [0.25, 0.3) is 0 Å². The van der Waals surface area contributed by atoms with E-state index in [1.807, 2.05) is 25.9 Å². The molecular weight excluding hydrogens is 240 g/mol. The topological polar surface area (TPSA) is 61.3 Å². The molecule has 1 rings (SSSR count). The Hall–Kier alpha value is -1.36. The second-order valence-corrected chi connectivity index (χ2v) is 5.61. The van der Waals surface area contributed by atoms with Gasteiger partial charge in [0.25, 0.3) is 0 Å². The predicted molar refractivity (Wildman–Crippen MR) is 79.9 cm³/mol. The lowest BCUT2D eigenvalue weighted by Gasteiger charge is -2.28. The zero-order chi connectivity index (χ0) is 14.6. The lowest BCUT2D eigenvalue weighted by atomic mass is 10.1. The minimum atomic E-state index is -0.753. The SMILES string of the molecule is CCCc1nc(NC)c(C)c(N(C)CC(C)(C)O)n1. The van der Waals surface area contributed by atoms with E-state index in [9.17, 15) is 5.11 Å². The molecule has 0 aliphatic carbocycles. The van der Waals surface area contributed by atoms with Crippen molar-refractivity contribution in [2.24, 2.45) is 0 Å². The van der Waals surface area contributed by atoms with Crippen molar-refractivity contribution in [2.75, 3.05) is 30.9 Å². The van der Waals surface area contributed by atoms with E-state index in [0.717, 1.165) is 35.9 Å². The Morgan fingerprint density at radius 2 is 1.95 bits per heavy atom. The molecule has 0 bridgehead atoms. The quantitative estimate of drug-likeness (QED) is 0.824. The van der Waals surface area contributed by atoms with Crippen molar-refractivity contribution in [3.05, 3.63) is 11.4 Å². The highest BCUT2D eigenvalue weighted by Gasteiger charge is 2.20. The first kappa shape index (κ1) is 15.7. The van der Waals surface area contributed by atoms with Crippen LogP contribution in [0.4, 0.5) is 11.6 Å². The number of nitrogens with one attached hydrogen (secondary N) is 1. The van der Waals surface area contributed by atoms with E-state index >= 15 is 0 Å². The highest BCUT2D eigenvalue weighted by molar-refractivity contribution is 5.58. The van der Waals surface area contributed by atoms with Gasteiger partial charge in [0, 0.05) is 32.6 Å². The van der Waals surface area contributed by atoms with Gasteiger partial charge in [-0.15, -0.1) is 0 Å². The fraction of sp³-hybridized carbons (Fsp3) is 0.714. The first-order valence-corrected chi connectivity index (χ1v) is 6.77. The summed E-state index contributed by atoms with van der Waals surface area (Å²) in [7, 11) is 3.81. The van der Waals surface area contributed by atoms with E-state index < -0.39 is 5.60 Å². The largest absolute Gasteiger partial charge is 0.389 e. The summed E-state index contributed by atoms with van der Waals surface area (Å²) < 4.78 is 0. The normalized spacial score (nSPS) is 11.5. The van der Waals surface area contributed by atoms with Crippen molar-refractivity contribution in [1.29, 1.82) is 0 Å². The molecule has 19 heavy (non-hydrogen) atoms. The highest BCUT2D eigenvalue weighted by atomic mass is 16.3. The van der Waals surface area contributed by atoms with Crippen LogP contribution in [0, 0.1) is 6.92 Å². The maximum absolute atomic E-state index is 9.94. The zero-order valence-electron chi connectivity index (χ0n) is 12.9. The molecule has 2 N–H and O–H groups in total. The van der Waals surface area contributed by atoms with E-state index in [1.54, 1.807) is 13.8 Å². The fourth-order valence-electron chi connectivity index (χ4n) is 2.16. The van der Waals surface area contributed by atoms with Crippen molar-refractivity contribution in [3.63, 3.8) is 0 Å². The Bertz CT molecular complexity index is 426. The zero-order valence-corrected chi connectivity index (χ0v) is 12.9. The molecule has 0 atom stereocenters. The van der Waals surface area contributed by atoms with E-state index in [-0.39, 0.29) is 0 Å². The van der Waals surface area contributed by atoms with Gasteiger partial charge in [0.2, 0.25) is 0 Å². The average molecular weight is 266 g/mol. The van der Waals surface area contributed by atoms with Gasteiger partial charge >= 0.3 is 0 Å². The van der Waals surface area contributed by atoms with Crippen molar-refractivity contribution in [2.45, 2.75) is 46.1 Å². The molecule has 1 aromatic heterocycles. The third kappa shape index (κ3) is 4.35. The average Bonchev–Trinajstić information content (AvgIpc) is 2.29. The molecule has 1 aromatic rings. The third-order valence-corrected chi connectivity index (χ3v) is 2.86. The van der Waals surface area contributed by atoms with Gasteiger partial charge in [0.05, 0.1) is 5.60 Å². The Labute approximate surface area is 116 Å². The van der Waals surface area contributed by atoms with E-state index in [0.29, 0.717) is 6.54 Å². The predicted octanol–water partition coefficient (Wildman–Crippen LogP) is 1.99. The number of aryl methyl sites for hydroxylation is 1. The molecule has 0 unspecified atom stereocenters. The van der Waals surface area contributed by atoms with Crippen molar-refractivity contribution in [3.8, 4) is 0 Å². The summed E-state index contributed by atoms with van der Waals surface area (Å²) >= 11 is 0. The van der Waals surface area contributed by atoms with Gasteiger partial charge in [-0.05, 0) is 27.2 Å². The summed E-state index contributed by atoms with van der Waals surface area (Å²) in [5.41, 5.74) is 0.255. The second kappa shape index (κ2) is 6.19. The molecule has 0 radical (unpaired) electrons. The second-order valence-electron chi connectivity index (χ2n) is 5.61. The Morgan fingerprint density at radius 3 is 2.42 bits per heavy atom. The molecule has 0 fully saturated rings. The minimum Gasteiger partial charge on any atom is -0.389 e. The van der Waals surface area contributed by atoms with Gasteiger partial charge in [-0.25, -0.2) is 9.97 Å². The van der Waals surface area contributed by atoms with Crippen LogP contribution in [0.2, 0.25) is 0 Å². The number of hydrogen-bond acceptors (Lipinski definition) is 5. The molecule has 0 saturated carbocycles. The van der Waals surface area contributed by atoms with Crippen LogP contribution in [-0.2, 0) is 6.42 Å². The van der Waals surface area contributed by atoms with E-state index in [1.165, 1.54) is 0 Å². The summed E-state index contributed by atoms with van der Waals surface area (Å²) in [4.78, 5) is 11.1. The van der Waals surface area contributed by atoms with E-state index in [4.69, 9.17) is 0 Å². The Balaban J connectivity index is 3.13. The molecule has 0 amide bonds. The van der Waals surface area contributed by atoms with Crippen molar-refractivity contribution in [1.82, 2.24) is 9.97 Å². The minimum absolute atomic E-state index is 0.527. The molecule has 0 aromatic carbocycles. The van der Waals surface area contributed by atoms with Crippen LogP contribution in [0.1, 0.15) is 38.6 Å². The molecule has 5 nitrogen and oxygen atoms in total. The highest BCUT2D eigenvalue weighted by Crippen LogP contribution is 2.24. The van der Waals surface area contributed by atoms with Crippen molar-refractivity contribution < 1.29 is 5.11 Å². The number of anilines is 2. The summed E-state index contributed by atoms with van der Waals surface area (Å²) in [5.74, 6) is 2.58. The molecule has 5 heteroatoms. The van der Waals surface area contributed by atoms with Gasteiger partial charge in [-0.2, -0.15) is 0 Å². The summed E-state index contributed by atoms with van der Waals surface area (Å²) in [6, 6.07) is 0. The summed E-state index contributed by atoms with van der Waals surface area (Å²) in [6.45, 7) is 8.23. The summed E-state index contributed by atoms with van der Waals surface area (Å²) in [6.07, 6.45) is 1.87.